The van der Waals surface area contributed by atoms with Gasteiger partial charge in [0.1, 0.15) is 75.5 Å². The van der Waals surface area contributed by atoms with Crippen LogP contribution in [0.15, 0.2) is 12.4 Å². The molecule has 21 heteroatoms. The number of hydrogen-bond donors (Lipinski definition) is 4. The number of nitrogens with one attached hydrogen (secondary N) is 4. The number of ether oxygens (including phenoxy) is 8. The molecule has 4 N–H and O–H groups in total. The lowest BCUT2D eigenvalue weighted by Gasteiger charge is -2.27. The Balaban J connectivity index is 4.25. The summed E-state index contributed by atoms with van der Waals surface area (Å²) in [5.41, 5.74) is -4.84. The van der Waals surface area contributed by atoms with E-state index in [4.69, 9.17) is 37.9 Å². The van der Waals surface area contributed by atoms with Gasteiger partial charge in [0, 0.05) is 17.5 Å². The van der Waals surface area contributed by atoms with E-state index in [9.17, 15) is 38.4 Å². The third-order valence-corrected chi connectivity index (χ3v) is 10.4. The second kappa shape index (κ2) is 29.9. The molecule has 0 aliphatic carbocycles. The van der Waals surface area contributed by atoms with Crippen LogP contribution in [0.3, 0.4) is 0 Å². The van der Waals surface area contributed by atoms with Crippen LogP contribution in [0.4, 0.5) is 19.2 Å². The van der Waals surface area contributed by atoms with Crippen molar-refractivity contribution in [1.82, 2.24) is 21.3 Å². The maximum atomic E-state index is 13.9. The van der Waals surface area contributed by atoms with E-state index in [-0.39, 0.29) is 51.4 Å². The van der Waals surface area contributed by atoms with Gasteiger partial charge in [0.25, 0.3) is 0 Å². The number of amides is 4. The molecule has 0 bridgehead atoms. The second-order valence-corrected chi connectivity index (χ2v) is 28.4. The Morgan fingerprint density at radius 2 is 0.568 bits per heavy atom. The van der Waals surface area contributed by atoms with Crippen LogP contribution in [0.2, 0.25) is 0 Å². The Labute approximate surface area is 483 Å². The molecule has 1 rings (SSSR count). The smallest absolute Gasteiger partial charge is 0.408 e. The van der Waals surface area contributed by atoms with Gasteiger partial charge >= 0.3 is 48.3 Å². The van der Waals surface area contributed by atoms with Crippen molar-refractivity contribution in [2.24, 2.45) is 0 Å². The highest BCUT2D eigenvalue weighted by atomic mass is 16.6. The predicted octanol–water partition coefficient (Wildman–Crippen LogP) is 10.3. The number of unbranched alkanes of at least 4 members (excludes halogenated alkanes) is 1. The summed E-state index contributed by atoms with van der Waals surface area (Å²) in [5, 5.41) is 10.8. The van der Waals surface area contributed by atoms with Crippen LogP contribution in [-0.2, 0) is 82.9 Å². The maximum Gasteiger partial charge on any atom is 0.408 e. The van der Waals surface area contributed by atoms with Crippen molar-refractivity contribution in [3.8, 4) is 0 Å². The zero-order valence-corrected chi connectivity index (χ0v) is 53.7. The predicted molar refractivity (Wildman–Crippen MR) is 306 cm³/mol. The first-order chi connectivity index (χ1) is 36.4. The minimum Gasteiger partial charge on any atom is -0.458 e. The van der Waals surface area contributed by atoms with Gasteiger partial charge in [-0.2, -0.15) is 0 Å². The molecule has 0 aliphatic rings. The molecule has 0 saturated heterocycles. The minimum atomic E-state index is -1.18. The number of nitrogens with zero attached hydrogens (tertiary/aromatic N) is 1. The molecule has 4 atom stereocenters. The van der Waals surface area contributed by atoms with E-state index in [1.807, 2.05) is 17.0 Å². The second-order valence-electron chi connectivity index (χ2n) is 28.4. The molecule has 81 heavy (non-hydrogen) atoms. The standard InChI is InChI=1S/C60H103N5O16/c1-53(2,3)74-45(66)41(61-49(70)78-57(13,14)15)29-25-26-35-65-36-38(31-33-43(47(68)76-55(7,8)9)63-51(72)80-59(19,20)21)40(28-27-30-42(46(67)75-54(4,5)6)62-50(71)79-58(16,17)18)39(37-65)32-34-44(48(69)77-56(10,11)12)64-52(73)81-60(22,23)24/h36-37,41-44H,25-35H2,1-24H3,(H3-,61,62,63,64,70,71,72,73)/p+1/t41-,42-,43-,44-/m0/s1. The van der Waals surface area contributed by atoms with Crippen molar-refractivity contribution in [1.29, 1.82) is 0 Å². The van der Waals surface area contributed by atoms with Gasteiger partial charge in [0.05, 0.1) is 0 Å². The molecular weight excluding hydrogens is 1050 g/mol. The number of carbonyl (C=O) groups is 8. The van der Waals surface area contributed by atoms with Crippen LogP contribution in [0.1, 0.15) is 228 Å². The topological polar surface area (TPSA) is 262 Å². The van der Waals surface area contributed by atoms with E-state index in [0.29, 0.717) is 30.5 Å². The van der Waals surface area contributed by atoms with Gasteiger partial charge in [-0.1, -0.05) is 0 Å². The Morgan fingerprint density at radius 3 is 0.815 bits per heavy atom. The lowest BCUT2D eigenvalue weighted by Crippen LogP contribution is -2.46. The number of rotatable bonds is 23. The fraction of sp³-hybridized carbons (Fsp3) is 0.783. The number of pyridine rings is 1. The summed E-state index contributed by atoms with van der Waals surface area (Å²) in [4.78, 5) is 108. The van der Waals surface area contributed by atoms with Crippen LogP contribution in [0, 0.1) is 0 Å². The quantitative estimate of drug-likeness (QED) is 0.0344. The zero-order valence-electron chi connectivity index (χ0n) is 53.7. The molecule has 1 heterocycles. The number of aryl methyl sites for hydroxylation is 3. The first kappa shape index (κ1) is 73.1. The van der Waals surface area contributed by atoms with Crippen LogP contribution in [0.5, 0.6) is 0 Å². The molecule has 464 valence electrons. The van der Waals surface area contributed by atoms with Crippen molar-refractivity contribution in [3.05, 3.63) is 29.1 Å². The van der Waals surface area contributed by atoms with Crippen LogP contribution >= 0.6 is 0 Å². The number of alkyl carbamates (subject to hydrolysis) is 4. The zero-order chi connectivity index (χ0) is 62.9. The molecule has 1 aromatic rings. The molecule has 1 aromatic heterocycles. The van der Waals surface area contributed by atoms with Crippen molar-refractivity contribution in [2.75, 3.05) is 0 Å². The van der Waals surface area contributed by atoms with Crippen LogP contribution in [-0.4, -0.2) is 117 Å². The fourth-order valence-corrected chi connectivity index (χ4v) is 7.69. The summed E-state index contributed by atoms with van der Waals surface area (Å²) in [5.74, 6) is -2.68. The normalized spacial score (nSPS) is 14.2. The molecule has 0 fully saturated rings. The van der Waals surface area contributed by atoms with Crippen molar-refractivity contribution in [2.45, 2.75) is 306 Å². The van der Waals surface area contributed by atoms with Crippen molar-refractivity contribution >= 4 is 48.3 Å². The number of esters is 4. The van der Waals surface area contributed by atoms with Gasteiger partial charge in [-0.3, -0.25) is 0 Å². The Hall–Kier alpha value is -5.89. The molecule has 0 unspecified atom stereocenters. The van der Waals surface area contributed by atoms with Gasteiger partial charge in [-0.25, -0.2) is 42.9 Å². The summed E-state index contributed by atoms with van der Waals surface area (Å²) >= 11 is 0. The minimum absolute atomic E-state index is 0.0278. The number of aromatic nitrogens is 1. The lowest BCUT2D eigenvalue weighted by molar-refractivity contribution is -0.698. The first-order valence-electron chi connectivity index (χ1n) is 28.3. The van der Waals surface area contributed by atoms with Gasteiger partial charge < -0.3 is 59.2 Å². The third kappa shape index (κ3) is 34.9. The molecule has 0 aliphatic heterocycles. The summed E-state index contributed by atoms with van der Waals surface area (Å²) in [7, 11) is 0. The fourth-order valence-electron chi connectivity index (χ4n) is 7.69. The summed E-state index contributed by atoms with van der Waals surface area (Å²) in [6.45, 7) is 41.5. The van der Waals surface area contributed by atoms with E-state index in [1.165, 1.54) is 0 Å². The average Bonchev–Trinajstić information content (AvgIpc) is 3.19. The van der Waals surface area contributed by atoms with E-state index < -0.39 is 117 Å². The van der Waals surface area contributed by atoms with E-state index in [1.54, 1.807) is 166 Å². The number of hydrogen-bond acceptors (Lipinski definition) is 16. The van der Waals surface area contributed by atoms with Crippen LogP contribution < -0.4 is 25.8 Å². The third-order valence-electron chi connectivity index (χ3n) is 10.4. The molecule has 4 amide bonds. The maximum absolute atomic E-state index is 13.9. The largest absolute Gasteiger partial charge is 0.458 e. The molecule has 0 radical (unpaired) electrons. The first-order valence-corrected chi connectivity index (χ1v) is 28.3. The highest BCUT2D eigenvalue weighted by molar-refractivity contribution is 5.84. The van der Waals surface area contributed by atoms with E-state index in [2.05, 4.69) is 21.3 Å². The van der Waals surface area contributed by atoms with Crippen molar-refractivity contribution < 1.29 is 80.8 Å². The Bertz CT molecular complexity index is 2190. The SMILES string of the molecule is CC(C)(C)OC(=O)N[C@@H](CCCC[n+]1cc(CC[C@H](NC(=O)OC(C)(C)C)C(=O)OC(C)(C)C)c(CCC[C@H](NC(=O)OC(C)(C)C)C(=O)OC(C)(C)C)c(CC[C@H](NC(=O)OC(C)(C)C)C(=O)OC(C)(C)C)c1)C(=O)OC(C)(C)C. The van der Waals surface area contributed by atoms with Gasteiger partial charge in [-0.15, -0.1) is 0 Å². The highest BCUT2D eigenvalue weighted by Crippen LogP contribution is 2.25. The molecule has 0 saturated carbocycles. The van der Waals surface area contributed by atoms with Gasteiger partial charge in [-0.05, 0) is 230 Å². The Morgan fingerprint density at radius 1 is 0.333 bits per heavy atom. The van der Waals surface area contributed by atoms with Crippen LogP contribution in [0.25, 0.3) is 0 Å². The lowest BCUT2D eigenvalue weighted by atomic mass is 9.91. The summed E-state index contributed by atoms with van der Waals surface area (Å²) in [6, 6.07) is -4.53. The van der Waals surface area contributed by atoms with E-state index in [0.717, 1.165) is 5.56 Å². The van der Waals surface area contributed by atoms with E-state index >= 15 is 0 Å². The average molecular weight is 1150 g/mol. The monoisotopic (exact) mass is 1150 g/mol. The number of carbonyl (C=O) groups excluding carboxylic acids is 8. The molecular formula is C60H104N5O16+. The highest BCUT2D eigenvalue weighted by Gasteiger charge is 2.35. The molecule has 0 aromatic carbocycles. The summed E-state index contributed by atoms with van der Waals surface area (Å²) in [6.07, 6.45) is 2.75. The Kier molecular flexibility index (Phi) is 27.0. The molecule has 21 nitrogen and oxygen atoms in total. The molecule has 0 spiro atoms. The summed E-state index contributed by atoms with van der Waals surface area (Å²) < 4.78 is 47.2. The van der Waals surface area contributed by atoms with Crippen molar-refractivity contribution in [3.63, 3.8) is 0 Å². The van der Waals surface area contributed by atoms with Gasteiger partial charge in [0.2, 0.25) is 0 Å². The van der Waals surface area contributed by atoms with Gasteiger partial charge in [0.15, 0.2) is 12.4 Å².